The van der Waals surface area contributed by atoms with Crippen LogP contribution in [-0.2, 0) is 9.59 Å². The van der Waals surface area contributed by atoms with Gasteiger partial charge in [0, 0.05) is 31.7 Å². The molecule has 1 saturated heterocycles. The van der Waals surface area contributed by atoms with Crippen molar-refractivity contribution in [3.63, 3.8) is 0 Å². The van der Waals surface area contributed by atoms with E-state index >= 15 is 0 Å². The quantitative estimate of drug-likeness (QED) is 0.322. The molecule has 27 heavy (non-hydrogen) atoms. The standard InChI is InChI=1S/C18H26FN5O2.HI/c1-2-21-18(24-8-4-5-13(12-24)9-16(20)25)22-11-17(26)23-15-7-3-6-14(19)10-15;/h3,6-7,10,13H,2,4-5,8-9,11-12H2,1H3,(H2,20,25)(H,21,22)(H,23,26);1H. The van der Waals surface area contributed by atoms with Gasteiger partial charge in [-0.3, -0.25) is 9.59 Å². The molecule has 4 N–H and O–H groups in total. The van der Waals surface area contributed by atoms with Crippen LogP contribution in [0.2, 0.25) is 0 Å². The summed E-state index contributed by atoms with van der Waals surface area (Å²) in [6, 6.07) is 5.72. The maximum Gasteiger partial charge on any atom is 0.246 e. The number of nitrogens with two attached hydrogens (primary N) is 1. The molecule has 2 amide bonds. The Bertz CT molecular complexity index is 671. The number of nitrogens with zero attached hydrogens (tertiary/aromatic N) is 2. The Labute approximate surface area is 176 Å². The second kappa shape index (κ2) is 11.7. The zero-order valence-electron chi connectivity index (χ0n) is 15.4. The second-order valence-corrected chi connectivity index (χ2v) is 6.35. The highest BCUT2D eigenvalue weighted by atomic mass is 127. The van der Waals surface area contributed by atoms with Crippen LogP contribution in [0.3, 0.4) is 0 Å². The molecule has 1 fully saturated rings. The minimum absolute atomic E-state index is 0. The van der Waals surface area contributed by atoms with Crippen molar-refractivity contribution in [2.24, 2.45) is 16.6 Å². The molecule has 0 saturated carbocycles. The van der Waals surface area contributed by atoms with Gasteiger partial charge in [0.2, 0.25) is 11.8 Å². The van der Waals surface area contributed by atoms with Gasteiger partial charge in [0.25, 0.3) is 0 Å². The van der Waals surface area contributed by atoms with Gasteiger partial charge in [0.15, 0.2) is 5.96 Å². The highest BCUT2D eigenvalue weighted by molar-refractivity contribution is 14.0. The van der Waals surface area contributed by atoms with Gasteiger partial charge < -0.3 is 21.3 Å². The fraction of sp³-hybridized carbons (Fsp3) is 0.500. The van der Waals surface area contributed by atoms with Crippen molar-refractivity contribution in [1.82, 2.24) is 10.2 Å². The number of anilines is 1. The van der Waals surface area contributed by atoms with E-state index in [0.717, 1.165) is 19.4 Å². The smallest absolute Gasteiger partial charge is 0.246 e. The third-order valence-corrected chi connectivity index (χ3v) is 4.12. The minimum Gasteiger partial charge on any atom is -0.370 e. The van der Waals surface area contributed by atoms with Crippen molar-refractivity contribution in [3.05, 3.63) is 30.1 Å². The SMILES string of the molecule is CCNC(=NCC(=O)Nc1cccc(F)c1)N1CCCC(CC(N)=O)C1.I. The van der Waals surface area contributed by atoms with Gasteiger partial charge in [-0.1, -0.05) is 6.07 Å². The van der Waals surface area contributed by atoms with Gasteiger partial charge in [0.1, 0.15) is 12.4 Å². The number of hydrogen-bond acceptors (Lipinski definition) is 3. The molecular weight excluding hydrogens is 464 g/mol. The van der Waals surface area contributed by atoms with Crippen LogP contribution in [0.4, 0.5) is 10.1 Å². The van der Waals surface area contributed by atoms with Gasteiger partial charge in [0.05, 0.1) is 0 Å². The summed E-state index contributed by atoms with van der Waals surface area (Å²) in [6.45, 7) is 4.04. The predicted molar refractivity (Wildman–Crippen MR) is 115 cm³/mol. The number of carbonyl (C=O) groups is 2. The fourth-order valence-electron chi connectivity index (χ4n) is 3.05. The van der Waals surface area contributed by atoms with Crippen LogP contribution >= 0.6 is 24.0 Å². The average molecular weight is 491 g/mol. The number of nitrogens with one attached hydrogen (secondary N) is 2. The molecule has 7 nitrogen and oxygen atoms in total. The van der Waals surface area contributed by atoms with Gasteiger partial charge >= 0.3 is 0 Å². The van der Waals surface area contributed by atoms with E-state index in [2.05, 4.69) is 20.5 Å². The molecule has 1 aliphatic heterocycles. The summed E-state index contributed by atoms with van der Waals surface area (Å²) in [5.41, 5.74) is 5.70. The highest BCUT2D eigenvalue weighted by Crippen LogP contribution is 2.19. The number of aliphatic imine (C=N–C) groups is 1. The van der Waals surface area contributed by atoms with E-state index in [4.69, 9.17) is 5.73 Å². The zero-order chi connectivity index (χ0) is 18.9. The number of primary amides is 1. The molecule has 1 unspecified atom stereocenters. The minimum atomic E-state index is -0.409. The molecule has 0 radical (unpaired) electrons. The van der Waals surface area contributed by atoms with Crippen molar-refractivity contribution in [3.8, 4) is 0 Å². The Morgan fingerprint density at radius 1 is 1.41 bits per heavy atom. The molecule has 0 bridgehead atoms. The Balaban J connectivity index is 0.00000364. The molecular formula is C18H27FIN5O2. The van der Waals surface area contributed by atoms with Crippen LogP contribution in [0.25, 0.3) is 0 Å². The summed E-state index contributed by atoms with van der Waals surface area (Å²) in [4.78, 5) is 29.7. The van der Waals surface area contributed by atoms with Crippen LogP contribution < -0.4 is 16.4 Å². The molecule has 0 spiro atoms. The first-order chi connectivity index (χ1) is 12.5. The lowest BCUT2D eigenvalue weighted by Gasteiger charge is -2.34. The summed E-state index contributed by atoms with van der Waals surface area (Å²) < 4.78 is 13.2. The second-order valence-electron chi connectivity index (χ2n) is 6.35. The lowest BCUT2D eigenvalue weighted by molar-refractivity contribution is -0.119. The molecule has 1 aliphatic rings. The van der Waals surface area contributed by atoms with E-state index in [0.29, 0.717) is 31.2 Å². The molecule has 0 aliphatic carbocycles. The van der Waals surface area contributed by atoms with Gasteiger partial charge in [-0.25, -0.2) is 9.38 Å². The first-order valence-corrected chi connectivity index (χ1v) is 8.85. The Morgan fingerprint density at radius 2 is 2.19 bits per heavy atom. The number of benzene rings is 1. The molecule has 2 rings (SSSR count). The maximum absolute atomic E-state index is 13.2. The van der Waals surface area contributed by atoms with E-state index in [1.165, 1.54) is 18.2 Å². The lowest BCUT2D eigenvalue weighted by Crippen LogP contribution is -2.47. The van der Waals surface area contributed by atoms with Crippen molar-refractivity contribution < 1.29 is 14.0 Å². The molecule has 0 aromatic heterocycles. The third kappa shape index (κ3) is 8.10. The number of guanidine groups is 1. The maximum atomic E-state index is 13.2. The van der Waals surface area contributed by atoms with Crippen LogP contribution in [0, 0.1) is 11.7 Å². The number of hydrogen-bond donors (Lipinski definition) is 3. The first kappa shape index (κ1) is 23.1. The van der Waals surface area contributed by atoms with Crippen LogP contribution in [0.5, 0.6) is 0 Å². The summed E-state index contributed by atoms with van der Waals surface area (Å²) >= 11 is 0. The van der Waals surface area contributed by atoms with Crippen LogP contribution in [0.1, 0.15) is 26.2 Å². The molecule has 1 atom stereocenters. The first-order valence-electron chi connectivity index (χ1n) is 8.85. The number of carbonyl (C=O) groups excluding carboxylic acids is 2. The largest absolute Gasteiger partial charge is 0.370 e. The van der Waals surface area contributed by atoms with E-state index in [-0.39, 0.29) is 48.3 Å². The summed E-state index contributed by atoms with van der Waals surface area (Å²) in [7, 11) is 0. The summed E-state index contributed by atoms with van der Waals surface area (Å²) in [6.07, 6.45) is 2.26. The number of piperidine rings is 1. The Kier molecular flexibility index (Phi) is 10.0. The normalized spacial score (nSPS) is 17.0. The topological polar surface area (TPSA) is 99.8 Å². The molecule has 1 aromatic rings. The number of amides is 2. The number of likely N-dealkylation sites (tertiary alicyclic amines) is 1. The average Bonchev–Trinajstić information content (AvgIpc) is 2.58. The Morgan fingerprint density at radius 3 is 2.85 bits per heavy atom. The molecule has 1 heterocycles. The summed E-state index contributed by atoms with van der Waals surface area (Å²) in [5.74, 6) is -0.194. The van der Waals surface area contributed by atoms with E-state index in [9.17, 15) is 14.0 Å². The number of halogens is 2. The Hall–Kier alpha value is -1.91. The van der Waals surface area contributed by atoms with E-state index < -0.39 is 5.82 Å². The van der Waals surface area contributed by atoms with Crippen molar-refractivity contribution in [2.75, 3.05) is 31.5 Å². The summed E-state index contributed by atoms with van der Waals surface area (Å²) in [5, 5.41) is 5.80. The van der Waals surface area contributed by atoms with Crippen LogP contribution in [0.15, 0.2) is 29.3 Å². The van der Waals surface area contributed by atoms with Crippen molar-refractivity contribution in [1.29, 1.82) is 0 Å². The third-order valence-electron chi connectivity index (χ3n) is 4.12. The van der Waals surface area contributed by atoms with Gasteiger partial charge in [-0.15, -0.1) is 24.0 Å². The van der Waals surface area contributed by atoms with Crippen molar-refractivity contribution in [2.45, 2.75) is 26.2 Å². The molecule has 9 heteroatoms. The van der Waals surface area contributed by atoms with Gasteiger partial charge in [-0.05, 0) is 43.9 Å². The zero-order valence-corrected chi connectivity index (χ0v) is 17.7. The monoisotopic (exact) mass is 491 g/mol. The van der Waals surface area contributed by atoms with Crippen molar-refractivity contribution >= 4 is 47.4 Å². The van der Waals surface area contributed by atoms with E-state index in [1.807, 2.05) is 6.92 Å². The number of rotatable bonds is 6. The lowest BCUT2D eigenvalue weighted by atomic mass is 9.95. The fourth-order valence-corrected chi connectivity index (χ4v) is 3.05. The predicted octanol–water partition coefficient (Wildman–Crippen LogP) is 1.94. The molecule has 150 valence electrons. The molecule has 1 aromatic carbocycles. The van der Waals surface area contributed by atoms with Gasteiger partial charge in [-0.2, -0.15) is 0 Å². The van der Waals surface area contributed by atoms with E-state index in [1.54, 1.807) is 6.07 Å². The van der Waals surface area contributed by atoms with Crippen LogP contribution in [-0.4, -0.2) is 48.9 Å². The highest BCUT2D eigenvalue weighted by Gasteiger charge is 2.23.